The third-order valence-electron chi connectivity index (χ3n) is 5.53. The molecule has 0 aromatic rings. The van der Waals surface area contributed by atoms with Crippen LogP contribution in [0.5, 0.6) is 0 Å². The van der Waals surface area contributed by atoms with Crippen LogP contribution in [0.1, 0.15) is 65.7 Å². The minimum absolute atomic E-state index is 0.168. The molecule has 0 saturated carbocycles. The number of amides is 1. The number of nitrogens with one attached hydrogen (secondary N) is 1. The van der Waals surface area contributed by atoms with Crippen molar-refractivity contribution in [2.24, 2.45) is 5.11 Å². The van der Waals surface area contributed by atoms with Gasteiger partial charge in [-0.05, 0) is 32.2 Å². The van der Waals surface area contributed by atoms with Crippen LogP contribution in [0, 0.1) is 0 Å². The van der Waals surface area contributed by atoms with E-state index in [0.717, 1.165) is 38.5 Å². The number of carbonyl (C=O) groups is 2. The van der Waals surface area contributed by atoms with Crippen LogP contribution in [0.15, 0.2) is 5.11 Å². The van der Waals surface area contributed by atoms with Crippen LogP contribution < -0.4 is 5.32 Å². The van der Waals surface area contributed by atoms with Gasteiger partial charge in [-0.25, -0.2) is 0 Å². The van der Waals surface area contributed by atoms with E-state index in [1.165, 1.54) is 14.0 Å². The Hall–Kier alpha value is -1.91. The lowest BCUT2D eigenvalue weighted by Gasteiger charge is -2.50. The summed E-state index contributed by atoms with van der Waals surface area (Å²) in [6, 6.07) is -1.36. The molecule has 11 heteroatoms. The van der Waals surface area contributed by atoms with E-state index >= 15 is 0 Å². The Bertz CT molecular complexity index is 669. The number of hydrogen-bond acceptors (Lipinski definition) is 8. The van der Waals surface area contributed by atoms with Crippen LogP contribution in [0.4, 0.5) is 0 Å². The second-order valence-electron chi connectivity index (χ2n) is 8.58. The SMILES string of the molecule is COC(=O)CCCCCCCCO[C@@H]1O[C@@H]2COC(C)(C)O[C@H]2[C@H](N=[N+]=[N-])[C@H]1NC(C)=O. The summed E-state index contributed by atoms with van der Waals surface area (Å²) in [5.41, 5.74) is 9.11. The lowest BCUT2D eigenvalue weighted by atomic mass is 9.93. The minimum atomic E-state index is -0.848. The van der Waals surface area contributed by atoms with Crippen LogP contribution >= 0.6 is 0 Å². The second kappa shape index (κ2) is 13.0. The zero-order chi connectivity index (χ0) is 23.6. The summed E-state index contributed by atoms with van der Waals surface area (Å²) >= 11 is 0. The number of rotatable bonds is 12. The van der Waals surface area contributed by atoms with E-state index in [1.54, 1.807) is 13.8 Å². The normalized spacial score (nSPS) is 28.8. The highest BCUT2D eigenvalue weighted by Crippen LogP contribution is 2.34. The standard InChI is InChI=1S/C21H36N4O7/c1-14(26)23-18-17(24-25-22)19-15(13-30-21(2,3)32-19)31-20(18)29-12-10-8-6-5-7-9-11-16(27)28-4/h15,17-20H,5-13H2,1-4H3,(H,23,26)/t15-,17-,18-,19-,20-/m1/s1. The molecule has 32 heavy (non-hydrogen) atoms. The van der Waals surface area contributed by atoms with Gasteiger partial charge in [-0.3, -0.25) is 9.59 Å². The van der Waals surface area contributed by atoms with E-state index in [9.17, 15) is 9.59 Å². The fourth-order valence-corrected chi connectivity index (χ4v) is 3.95. The van der Waals surface area contributed by atoms with Crippen LogP contribution in [0.2, 0.25) is 0 Å². The highest BCUT2D eigenvalue weighted by Gasteiger charge is 2.51. The first-order chi connectivity index (χ1) is 15.3. The molecule has 0 radical (unpaired) electrons. The minimum Gasteiger partial charge on any atom is -0.469 e. The smallest absolute Gasteiger partial charge is 0.305 e. The van der Waals surface area contributed by atoms with Crippen molar-refractivity contribution in [3.63, 3.8) is 0 Å². The summed E-state index contributed by atoms with van der Waals surface area (Å²) < 4.78 is 28.3. The maximum Gasteiger partial charge on any atom is 0.305 e. The van der Waals surface area contributed by atoms with Crippen molar-refractivity contribution in [1.82, 2.24) is 5.32 Å². The summed E-state index contributed by atoms with van der Waals surface area (Å²) in [5, 5.41) is 6.72. The fraction of sp³-hybridized carbons (Fsp3) is 0.905. The van der Waals surface area contributed by atoms with Crippen molar-refractivity contribution in [2.75, 3.05) is 20.3 Å². The van der Waals surface area contributed by atoms with Crippen molar-refractivity contribution in [3.05, 3.63) is 10.4 Å². The zero-order valence-corrected chi connectivity index (χ0v) is 19.5. The van der Waals surface area contributed by atoms with Gasteiger partial charge in [0.1, 0.15) is 12.2 Å². The number of methoxy groups -OCH3 is 1. The van der Waals surface area contributed by atoms with Crippen LogP contribution in [-0.2, 0) is 33.3 Å². The number of ether oxygens (including phenoxy) is 5. The number of nitrogens with zero attached hydrogens (tertiary/aromatic N) is 3. The van der Waals surface area contributed by atoms with E-state index < -0.39 is 36.4 Å². The topological polar surface area (TPSA) is 141 Å². The summed E-state index contributed by atoms with van der Waals surface area (Å²) in [5.74, 6) is -1.29. The molecule has 2 rings (SSSR count). The first-order valence-electron chi connectivity index (χ1n) is 11.2. The van der Waals surface area contributed by atoms with Gasteiger partial charge in [-0.15, -0.1) is 0 Å². The highest BCUT2D eigenvalue weighted by molar-refractivity contribution is 5.73. The number of fused-ring (bicyclic) bond motifs is 1. The van der Waals surface area contributed by atoms with Gasteiger partial charge in [0.25, 0.3) is 0 Å². The lowest BCUT2D eigenvalue weighted by Crippen LogP contribution is -2.67. The summed E-state index contributed by atoms with van der Waals surface area (Å²) in [6.45, 7) is 5.67. The van der Waals surface area contributed by atoms with E-state index in [2.05, 4.69) is 20.1 Å². The quantitative estimate of drug-likeness (QED) is 0.156. The maximum atomic E-state index is 11.8. The zero-order valence-electron chi connectivity index (χ0n) is 19.5. The van der Waals surface area contributed by atoms with E-state index in [-0.39, 0.29) is 18.5 Å². The number of unbranched alkanes of at least 4 members (excludes halogenated alkanes) is 5. The van der Waals surface area contributed by atoms with Crippen molar-refractivity contribution >= 4 is 11.9 Å². The maximum absolute atomic E-state index is 11.8. The van der Waals surface area contributed by atoms with Crippen LogP contribution in [0.3, 0.4) is 0 Å². The third-order valence-corrected chi connectivity index (χ3v) is 5.53. The number of esters is 1. The van der Waals surface area contributed by atoms with Crippen LogP contribution in [-0.4, -0.2) is 68.6 Å². The van der Waals surface area contributed by atoms with E-state index in [4.69, 9.17) is 24.5 Å². The molecular formula is C21H36N4O7. The fourth-order valence-electron chi connectivity index (χ4n) is 3.95. The number of carbonyl (C=O) groups excluding carboxylic acids is 2. The Labute approximate surface area is 189 Å². The molecule has 0 spiro atoms. The van der Waals surface area contributed by atoms with Gasteiger partial charge in [0.15, 0.2) is 12.1 Å². The molecule has 0 unspecified atom stereocenters. The molecule has 0 bridgehead atoms. The van der Waals surface area contributed by atoms with E-state index in [0.29, 0.717) is 13.0 Å². The largest absolute Gasteiger partial charge is 0.469 e. The molecule has 0 aliphatic carbocycles. The Morgan fingerprint density at radius 3 is 2.53 bits per heavy atom. The first kappa shape index (κ1) is 26.3. The van der Waals surface area contributed by atoms with Crippen molar-refractivity contribution in [3.8, 4) is 0 Å². The molecule has 182 valence electrons. The lowest BCUT2D eigenvalue weighted by molar-refractivity contribution is -0.353. The van der Waals surface area contributed by atoms with Gasteiger partial charge >= 0.3 is 5.97 Å². The van der Waals surface area contributed by atoms with Crippen LogP contribution in [0.25, 0.3) is 10.4 Å². The molecule has 11 nitrogen and oxygen atoms in total. The highest BCUT2D eigenvalue weighted by atomic mass is 16.8. The van der Waals surface area contributed by atoms with Gasteiger partial charge in [0, 0.05) is 24.9 Å². The van der Waals surface area contributed by atoms with Crippen molar-refractivity contribution in [2.45, 2.75) is 102 Å². The average molecular weight is 457 g/mol. The molecular weight excluding hydrogens is 420 g/mol. The average Bonchev–Trinajstić information content (AvgIpc) is 2.74. The second-order valence-corrected chi connectivity index (χ2v) is 8.58. The van der Waals surface area contributed by atoms with E-state index in [1.807, 2.05) is 0 Å². The molecule has 2 fully saturated rings. The molecule has 2 heterocycles. The Morgan fingerprint density at radius 1 is 1.19 bits per heavy atom. The predicted octanol–water partition coefficient (Wildman–Crippen LogP) is 2.97. The molecule has 1 amide bonds. The summed E-state index contributed by atoms with van der Waals surface area (Å²) in [4.78, 5) is 25.9. The molecule has 1 N–H and O–H groups in total. The monoisotopic (exact) mass is 456 g/mol. The first-order valence-corrected chi connectivity index (χ1v) is 11.2. The third kappa shape index (κ3) is 8.22. The summed E-state index contributed by atoms with van der Waals surface area (Å²) in [6.07, 6.45) is 4.35. The van der Waals surface area contributed by atoms with Gasteiger partial charge in [0.05, 0.1) is 25.8 Å². The van der Waals surface area contributed by atoms with Gasteiger partial charge in [-0.1, -0.05) is 30.8 Å². The van der Waals surface area contributed by atoms with Gasteiger partial charge < -0.3 is 29.0 Å². The molecule has 2 aliphatic rings. The number of hydrogen-bond donors (Lipinski definition) is 1. The molecule has 2 saturated heterocycles. The van der Waals surface area contributed by atoms with Crippen molar-refractivity contribution in [1.29, 1.82) is 0 Å². The predicted molar refractivity (Wildman–Crippen MR) is 114 cm³/mol. The summed E-state index contributed by atoms with van der Waals surface area (Å²) in [7, 11) is 1.40. The molecule has 2 aliphatic heterocycles. The Morgan fingerprint density at radius 2 is 1.88 bits per heavy atom. The molecule has 0 aromatic carbocycles. The molecule has 5 atom stereocenters. The van der Waals surface area contributed by atoms with Gasteiger partial charge in [0.2, 0.25) is 5.91 Å². The molecule has 0 aromatic heterocycles. The number of azide groups is 1. The Kier molecular flexibility index (Phi) is 10.7. The van der Waals surface area contributed by atoms with Gasteiger partial charge in [-0.2, -0.15) is 0 Å². The van der Waals surface area contributed by atoms with Crippen molar-refractivity contribution < 1.29 is 33.3 Å². The Balaban J connectivity index is 1.84.